The van der Waals surface area contributed by atoms with Crippen LogP contribution in [0.5, 0.6) is 0 Å². The van der Waals surface area contributed by atoms with Crippen LogP contribution in [-0.4, -0.2) is 50.9 Å². The van der Waals surface area contributed by atoms with Gasteiger partial charge in [-0.1, -0.05) is 12.1 Å². The van der Waals surface area contributed by atoms with Gasteiger partial charge in [-0.2, -0.15) is 0 Å². The van der Waals surface area contributed by atoms with Crippen molar-refractivity contribution >= 4 is 5.52 Å². The summed E-state index contributed by atoms with van der Waals surface area (Å²) in [4.78, 5) is 13.9. The molecule has 6 nitrogen and oxygen atoms in total. The van der Waals surface area contributed by atoms with E-state index in [1.807, 2.05) is 30.9 Å². The summed E-state index contributed by atoms with van der Waals surface area (Å²) in [6, 6.07) is 10.7. The lowest BCUT2D eigenvalue weighted by Crippen LogP contribution is -2.46. The third kappa shape index (κ3) is 3.21. The number of aromatic nitrogens is 3. The van der Waals surface area contributed by atoms with Crippen LogP contribution in [0.1, 0.15) is 17.3 Å². The van der Waals surface area contributed by atoms with Gasteiger partial charge < -0.3 is 8.82 Å². The Labute approximate surface area is 164 Å². The minimum Gasteiger partial charge on any atom is -0.472 e. The quantitative estimate of drug-likeness (QED) is 0.548. The van der Waals surface area contributed by atoms with Gasteiger partial charge in [0.2, 0.25) is 0 Å². The molecule has 1 aliphatic rings. The van der Waals surface area contributed by atoms with Gasteiger partial charge in [-0.05, 0) is 30.8 Å². The largest absolute Gasteiger partial charge is 0.472 e. The van der Waals surface area contributed by atoms with E-state index in [0.29, 0.717) is 0 Å². The van der Waals surface area contributed by atoms with Crippen molar-refractivity contribution in [3.8, 4) is 11.1 Å². The lowest BCUT2D eigenvalue weighted by Gasteiger charge is -2.38. The lowest BCUT2D eigenvalue weighted by molar-refractivity contribution is 0.0891. The minimum atomic E-state index is 0.273. The first-order valence-electron chi connectivity index (χ1n) is 9.58. The molecule has 0 N–H and O–H groups in total. The molecule has 5 heterocycles. The van der Waals surface area contributed by atoms with Crippen LogP contribution in [0, 0.1) is 0 Å². The maximum Gasteiger partial charge on any atom is 0.0996 e. The Kier molecular flexibility index (Phi) is 4.43. The van der Waals surface area contributed by atoms with E-state index in [9.17, 15) is 0 Å². The van der Waals surface area contributed by atoms with Gasteiger partial charge in [0.25, 0.3) is 0 Å². The summed E-state index contributed by atoms with van der Waals surface area (Å²) in [7, 11) is 2.19. The summed E-state index contributed by atoms with van der Waals surface area (Å²) in [5.74, 6) is 0. The first-order valence-corrected chi connectivity index (χ1v) is 9.58. The monoisotopic (exact) mass is 373 g/mol. The van der Waals surface area contributed by atoms with Crippen LogP contribution >= 0.6 is 0 Å². The second-order valence-electron chi connectivity index (χ2n) is 7.44. The van der Waals surface area contributed by atoms with Crippen LogP contribution in [0.3, 0.4) is 0 Å². The molecule has 0 radical (unpaired) electrons. The molecule has 0 bridgehead atoms. The maximum atomic E-state index is 5.22. The van der Waals surface area contributed by atoms with Crippen LogP contribution in [0.25, 0.3) is 16.6 Å². The highest BCUT2D eigenvalue weighted by molar-refractivity contribution is 5.66. The molecule has 142 valence electrons. The Hall–Kier alpha value is -2.96. The standard InChI is InChI=1S/C22H23N5O/c1-25-8-9-26(12-17-6-10-28-15-17)14-21(25)22-20-5-4-19(13-27(20)16-24-22)18-3-2-7-23-11-18/h2-7,10-11,13,15-16,21H,8-9,12,14H2,1H3/t21-/m0/s1. The molecule has 0 saturated carbocycles. The Balaban J connectivity index is 1.43. The van der Waals surface area contributed by atoms with Crippen molar-refractivity contribution in [1.29, 1.82) is 0 Å². The fourth-order valence-corrected chi connectivity index (χ4v) is 3.99. The van der Waals surface area contributed by atoms with Crippen LogP contribution in [0.15, 0.2) is 72.2 Å². The van der Waals surface area contributed by atoms with Crippen LogP contribution < -0.4 is 0 Å². The molecule has 0 spiro atoms. The third-order valence-electron chi connectivity index (χ3n) is 5.59. The zero-order valence-electron chi connectivity index (χ0n) is 15.9. The molecule has 4 aromatic rings. The van der Waals surface area contributed by atoms with Crippen molar-refractivity contribution in [1.82, 2.24) is 24.2 Å². The summed E-state index contributed by atoms with van der Waals surface area (Å²) >= 11 is 0. The zero-order valence-corrected chi connectivity index (χ0v) is 15.9. The Morgan fingerprint density at radius 2 is 2.11 bits per heavy atom. The summed E-state index contributed by atoms with van der Waals surface area (Å²) in [6.07, 6.45) is 11.3. The Morgan fingerprint density at radius 3 is 2.93 bits per heavy atom. The first-order chi connectivity index (χ1) is 13.8. The molecular formula is C22H23N5O. The SMILES string of the molecule is CN1CCN(Cc2ccoc2)C[C@H]1c1ncn2cc(-c3cccnc3)ccc12. The molecule has 1 atom stereocenters. The number of fused-ring (bicyclic) bond motifs is 1. The van der Waals surface area contributed by atoms with Crippen molar-refractivity contribution < 1.29 is 4.42 Å². The maximum absolute atomic E-state index is 5.22. The predicted octanol–water partition coefficient (Wildman–Crippen LogP) is 3.48. The molecule has 6 heteroatoms. The van der Waals surface area contributed by atoms with E-state index < -0.39 is 0 Å². The van der Waals surface area contributed by atoms with Crippen molar-refractivity contribution in [2.45, 2.75) is 12.6 Å². The number of furan rings is 1. The highest BCUT2D eigenvalue weighted by Crippen LogP contribution is 2.29. The van der Waals surface area contributed by atoms with Gasteiger partial charge in [-0.3, -0.25) is 14.8 Å². The van der Waals surface area contributed by atoms with Crippen molar-refractivity contribution in [2.24, 2.45) is 0 Å². The molecule has 28 heavy (non-hydrogen) atoms. The fraction of sp³-hybridized carbons (Fsp3) is 0.273. The first kappa shape index (κ1) is 17.2. The Morgan fingerprint density at radius 1 is 1.14 bits per heavy atom. The summed E-state index contributed by atoms with van der Waals surface area (Å²) in [6.45, 7) is 3.95. The number of pyridine rings is 2. The van der Waals surface area contributed by atoms with Crippen LogP contribution in [0.4, 0.5) is 0 Å². The van der Waals surface area contributed by atoms with Crippen molar-refractivity contribution in [3.05, 3.63) is 79.0 Å². The van der Waals surface area contributed by atoms with Gasteiger partial charge >= 0.3 is 0 Å². The Bertz CT molecular complexity index is 1060. The summed E-state index contributed by atoms with van der Waals surface area (Å²) in [5, 5.41) is 0. The smallest absolute Gasteiger partial charge is 0.0996 e. The number of imidazole rings is 1. The van der Waals surface area contributed by atoms with Gasteiger partial charge in [-0.15, -0.1) is 0 Å². The molecule has 0 aliphatic carbocycles. The number of rotatable bonds is 4. The van der Waals surface area contributed by atoms with E-state index in [-0.39, 0.29) is 6.04 Å². The average molecular weight is 373 g/mol. The topological polar surface area (TPSA) is 49.8 Å². The second kappa shape index (κ2) is 7.22. The van der Waals surface area contributed by atoms with E-state index in [2.05, 4.69) is 50.6 Å². The van der Waals surface area contributed by atoms with Crippen LogP contribution in [-0.2, 0) is 6.54 Å². The van der Waals surface area contributed by atoms with E-state index in [0.717, 1.165) is 48.5 Å². The summed E-state index contributed by atoms with van der Waals surface area (Å²) < 4.78 is 7.35. The third-order valence-corrected chi connectivity index (χ3v) is 5.59. The highest BCUT2D eigenvalue weighted by atomic mass is 16.3. The normalized spacial score (nSPS) is 18.7. The minimum absolute atomic E-state index is 0.273. The molecule has 1 saturated heterocycles. The molecule has 0 aromatic carbocycles. The number of likely N-dealkylation sites (N-methyl/N-ethyl adjacent to an activating group) is 1. The molecule has 0 amide bonds. The van der Waals surface area contributed by atoms with Gasteiger partial charge in [0.15, 0.2) is 0 Å². The number of nitrogens with zero attached hydrogens (tertiary/aromatic N) is 5. The molecule has 1 aliphatic heterocycles. The average Bonchev–Trinajstić information content (AvgIpc) is 3.39. The molecule has 1 fully saturated rings. The second-order valence-corrected chi connectivity index (χ2v) is 7.44. The molecule has 5 rings (SSSR count). The van der Waals surface area contributed by atoms with Gasteiger partial charge in [-0.25, -0.2) is 4.98 Å². The van der Waals surface area contributed by atoms with E-state index in [1.165, 1.54) is 5.56 Å². The van der Waals surface area contributed by atoms with Gasteiger partial charge in [0.05, 0.1) is 36.1 Å². The number of hydrogen-bond acceptors (Lipinski definition) is 5. The van der Waals surface area contributed by atoms with Crippen molar-refractivity contribution in [3.63, 3.8) is 0 Å². The van der Waals surface area contributed by atoms with E-state index >= 15 is 0 Å². The zero-order chi connectivity index (χ0) is 18.9. The highest BCUT2D eigenvalue weighted by Gasteiger charge is 2.28. The predicted molar refractivity (Wildman–Crippen MR) is 108 cm³/mol. The van der Waals surface area contributed by atoms with E-state index in [4.69, 9.17) is 9.40 Å². The fourth-order valence-electron chi connectivity index (χ4n) is 3.99. The van der Waals surface area contributed by atoms with E-state index in [1.54, 1.807) is 12.5 Å². The lowest BCUT2D eigenvalue weighted by atomic mass is 10.1. The van der Waals surface area contributed by atoms with Gasteiger partial charge in [0.1, 0.15) is 0 Å². The molecule has 0 unspecified atom stereocenters. The molecular weight excluding hydrogens is 350 g/mol. The number of piperazine rings is 1. The summed E-state index contributed by atoms with van der Waals surface area (Å²) in [5.41, 5.74) is 5.77. The van der Waals surface area contributed by atoms with Crippen molar-refractivity contribution in [2.75, 3.05) is 26.7 Å². The number of hydrogen-bond donors (Lipinski definition) is 0. The van der Waals surface area contributed by atoms with Gasteiger partial charge in [0, 0.05) is 55.9 Å². The molecule has 4 aromatic heterocycles. The van der Waals surface area contributed by atoms with Crippen LogP contribution in [0.2, 0.25) is 0 Å².